The van der Waals surface area contributed by atoms with Gasteiger partial charge in [0.05, 0.1) is 55.4 Å². The Hall–Kier alpha value is -8.02. The summed E-state index contributed by atoms with van der Waals surface area (Å²) in [6, 6.07) is 17.7. The van der Waals surface area contributed by atoms with Crippen molar-refractivity contribution in [2.75, 3.05) is 0 Å². The van der Waals surface area contributed by atoms with Gasteiger partial charge >= 0.3 is 0 Å². The lowest BCUT2D eigenvalue weighted by atomic mass is 9.88. The third-order valence-corrected chi connectivity index (χ3v) is 11.4. The van der Waals surface area contributed by atoms with Gasteiger partial charge in [0.25, 0.3) is 6.33 Å². The molecule has 12 rings (SSSR count). The van der Waals surface area contributed by atoms with Crippen LogP contribution in [0.5, 0.6) is 11.5 Å². The summed E-state index contributed by atoms with van der Waals surface area (Å²) < 4.78 is 158. The van der Waals surface area contributed by atoms with E-state index in [9.17, 15) is 12.3 Å². The largest absolute Gasteiger partial charge is 0.458 e. The van der Waals surface area contributed by atoms with E-state index in [4.69, 9.17) is 19.3 Å². The fraction of sp³-hybridized carbons (Fsp3) is 0.0690. The zero-order chi connectivity index (χ0) is 56.2. The molecule has 0 radical (unpaired) electrons. The molecule has 0 atom stereocenters. The number of imidazole rings is 1. The van der Waals surface area contributed by atoms with Crippen LogP contribution >= 0.6 is 0 Å². The number of benzene rings is 8. The number of hydrogen-bond acceptors (Lipinski definition) is 2. The molecule has 1 aliphatic heterocycles. The molecule has 300 valence electrons. The SMILES string of the molecule is [2H]c1c([2H])c([2H])c(-c2c([2H])c([2H])c([2H])c3c2-[n+]2[c-]n(-c4cccc(Oc5ccc6c7ccccc7n(-c7cc(C(C)(C)C)ccn7)c6c5)c4)c4cccc(c42)-c2c([2H])c([2H])c([2H])c([2H])c2-c2c([2H])c([2H])c([2H])c([2H])c2-3)c([2H])c1[2H]. The van der Waals surface area contributed by atoms with Gasteiger partial charge in [0, 0.05) is 23.0 Å². The van der Waals surface area contributed by atoms with Crippen LogP contribution in [0.4, 0.5) is 0 Å². The number of rotatable bonds is 5. The summed E-state index contributed by atoms with van der Waals surface area (Å²) in [5.41, 5.74) is 0.178. The molecule has 0 aliphatic carbocycles. The van der Waals surface area contributed by atoms with Crippen molar-refractivity contribution in [2.45, 2.75) is 26.2 Å². The quantitative estimate of drug-likeness (QED) is 0.128. The fourth-order valence-corrected chi connectivity index (χ4v) is 8.55. The number of fused-ring (bicyclic) bond motifs is 10. The van der Waals surface area contributed by atoms with Crippen LogP contribution in [0, 0.1) is 6.33 Å². The van der Waals surface area contributed by atoms with Gasteiger partial charge in [-0.1, -0.05) is 160 Å². The average molecular weight is 827 g/mol. The van der Waals surface area contributed by atoms with Crippen LogP contribution < -0.4 is 9.30 Å². The summed E-state index contributed by atoms with van der Waals surface area (Å²) in [6.07, 6.45) is 5.12. The van der Waals surface area contributed by atoms with Crippen molar-refractivity contribution >= 4 is 32.8 Å². The Kier molecular flexibility index (Phi) is 5.41. The second-order valence-electron chi connectivity index (χ2n) is 16.2. The van der Waals surface area contributed by atoms with Crippen molar-refractivity contribution in [3.63, 3.8) is 0 Å². The molecule has 11 aromatic rings. The first-order valence-electron chi connectivity index (χ1n) is 28.2. The highest BCUT2D eigenvalue weighted by Crippen LogP contribution is 2.45. The van der Waals surface area contributed by atoms with Gasteiger partial charge in [-0.15, -0.1) is 0 Å². The Morgan fingerprint density at radius 3 is 2.00 bits per heavy atom. The van der Waals surface area contributed by atoms with Crippen molar-refractivity contribution in [3.8, 4) is 73.2 Å². The van der Waals surface area contributed by atoms with E-state index < -0.39 is 124 Å². The van der Waals surface area contributed by atoms with Crippen LogP contribution in [-0.4, -0.2) is 14.1 Å². The van der Waals surface area contributed by atoms with E-state index in [1.165, 1.54) is 4.57 Å². The van der Waals surface area contributed by atoms with E-state index >= 15 is 0 Å². The van der Waals surface area contributed by atoms with E-state index in [0.717, 1.165) is 33.2 Å². The molecule has 3 aromatic heterocycles. The molecule has 0 saturated carbocycles. The minimum Gasteiger partial charge on any atom is -0.458 e. The van der Waals surface area contributed by atoms with Gasteiger partial charge in [0.2, 0.25) is 0 Å². The highest BCUT2D eigenvalue weighted by Gasteiger charge is 2.26. The van der Waals surface area contributed by atoms with Gasteiger partial charge in [-0.25, -0.2) is 4.98 Å². The first kappa shape index (κ1) is 23.8. The standard InChI is InChI=1S/C58H42N4O/c1-58(2,3)39-32-33-59-55(34-39)62-52-28-12-11-24-48(52)49-31-30-42(36-54(49)62)63-41-19-13-18-40(35-41)60-37-61-56-43(38-16-5-4-6-17-38)25-14-26-50(56)46-22-9-7-20-44(46)45-21-8-10-23-47(45)51-27-15-29-53(60)57(51)61/h4-36H,1-3H3/i4D,5D,6D,7D,8D,9D,10D,14D,16D,17D,20D,21D,22D,23D,25D,26D. The maximum Gasteiger partial charge on any atom is 0.269 e. The van der Waals surface area contributed by atoms with Gasteiger partial charge in [0.1, 0.15) is 17.3 Å². The highest BCUT2D eigenvalue weighted by molar-refractivity contribution is 6.09. The van der Waals surface area contributed by atoms with E-state index in [1.54, 1.807) is 53.2 Å². The molecular formula is C58H42N4O. The second kappa shape index (κ2) is 14.3. The number of pyridine rings is 1. The van der Waals surface area contributed by atoms with E-state index in [0.29, 0.717) is 17.2 Å². The maximum absolute atomic E-state index is 9.71. The van der Waals surface area contributed by atoms with Gasteiger partial charge in [-0.05, 0) is 104 Å². The molecule has 63 heavy (non-hydrogen) atoms. The lowest BCUT2D eigenvalue weighted by Gasteiger charge is -2.20. The summed E-state index contributed by atoms with van der Waals surface area (Å²) in [4.78, 5) is 4.81. The topological polar surface area (TPSA) is 35.9 Å². The summed E-state index contributed by atoms with van der Waals surface area (Å²) in [6.45, 7) is 6.43. The van der Waals surface area contributed by atoms with E-state index in [2.05, 4.69) is 43.8 Å². The third-order valence-electron chi connectivity index (χ3n) is 11.4. The molecule has 4 heterocycles. The first-order valence-corrected chi connectivity index (χ1v) is 20.2. The molecule has 5 heteroatoms. The maximum atomic E-state index is 9.71. The molecule has 0 bridgehead atoms. The molecule has 0 unspecified atom stereocenters. The second-order valence-corrected chi connectivity index (χ2v) is 16.2. The predicted octanol–water partition coefficient (Wildman–Crippen LogP) is 14.3. The van der Waals surface area contributed by atoms with Crippen LogP contribution in [0.1, 0.15) is 48.3 Å². The minimum absolute atomic E-state index is 0.0688. The van der Waals surface area contributed by atoms with Crippen molar-refractivity contribution in [1.29, 1.82) is 0 Å². The Labute approximate surface area is 388 Å². The molecule has 0 N–H and O–H groups in total. The molecule has 0 spiro atoms. The lowest BCUT2D eigenvalue weighted by molar-refractivity contribution is -0.570. The van der Waals surface area contributed by atoms with E-state index in [-0.39, 0.29) is 38.8 Å². The predicted molar refractivity (Wildman–Crippen MR) is 256 cm³/mol. The Balaban J connectivity index is 1.16. The Bertz CT molecular complexity index is 4510. The first-order chi connectivity index (χ1) is 37.5. The van der Waals surface area contributed by atoms with Crippen molar-refractivity contribution in [1.82, 2.24) is 14.1 Å². The molecule has 1 aliphatic rings. The van der Waals surface area contributed by atoms with Crippen molar-refractivity contribution in [3.05, 3.63) is 212 Å². The van der Waals surface area contributed by atoms with Crippen LogP contribution in [-0.2, 0) is 5.41 Å². The monoisotopic (exact) mass is 826 g/mol. The van der Waals surface area contributed by atoms with Crippen molar-refractivity contribution in [2.24, 2.45) is 0 Å². The van der Waals surface area contributed by atoms with Crippen LogP contribution in [0.25, 0.3) is 94.5 Å². The Morgan fingerprint density at radius 1 is 0.556 bits per heavy atom. The zero-order valence-corrected chi connectivity index (χ0v) is 34.0. The molecule has 0 saturated heterocycles. The number of aromatic nitrogens is 4. The third kappa shape index (κ3) is 5.99. The molecule has 5 nitrogen and oxygen atoms in total. The Morgan fingerprint density at radius 2 is 1.21 bits per heavy atom. The zero-order valence-electron chi connectivity index (χ0n) is 50.0. The van der Waals surface area contributed by atoms with Gasteiger partial charge in [-0.3, -0.25) is 13.7 Å². The smallest absolute Gasteiger partial charge is 0.269 e. The lowest BCUT2D eigenvalue weighted by Crippen LogP contribution is -2.32. The molecule has 0 fully saturated rings. The average Bonchev–Trinajstić information content (AvgIpc) is 3.91. The molecule has 8 aromatic carbocycles. The van der Waals surface area contributed by atoms with Crippen molar-refractivity contribution < 1.29 is 31.2 Å². The minimum atomic E-state index is -0.837. The molecular weight excluding hydrogens is 769 g/mol. The summed E-state index contributed by atoms with van der Waals surface area (Å²) >= 11 is 0. The molecule has 0 amide bonds. The highest BCUT2D eigenvalue weighted by atomic mass is 16.5. The van der Waals surface area contributed by atoms with Gasteiger partial charge < -0.3 is 4.74 Å². The summed E-state index contributed by atoms with van der Waals surface area (Å²) in [7, 11) is 0. The van der Waals surface area contributed by atoms with Gasteiger partial charge in [0.15, 0.2) is 0 Å². The van der Waals surface area contributed by atoms with Gasteiger partial charge in [-0.2, -0.15) is 0 Å². The van der Waals surface area contributed by atoms with Crippen LogP contribution in [0.15, 0.2) is 200 Å². The summed E-state index contributed by atoms with van der Waals surface area (Å²) in [5.74, 6) is 1.56. The summed E-state index contributed by atoms with van der Waals surface area (Å²) in [5, 5.41) is 1.99. The number of para-hydroxylation sites is 3. The number of hydrogen-bond donors (Lipinski definition) is 0. The van der Waals surface area contributed by atoms with Crippen LogP contribution in [0.3, 0.4) is 0 Å². The number of ether oxygens (including phenoxy) is 1. The van der Waals surface area contributed by atoms with Crippen LogP contribution in [0.2, 0.25) is 0 Å². The van der Waals surface area contributed by atoms with E-state index in [1.807, 2.05) is 42.5 Å². The fourth-order valence-electron chi connectivity index (χ4n) is 8.55. The number of nitrogens with zero attached hydrogens (tertiary/aromatic N) is 4. The normalized spacial score (nSPS) is 15.6.